The first kappa shape index (κ1) is 20.6. The molecule has 0 saturated carbocycles. The molecular weight excluding hydrogens is 396 g/mol. The highest BCUT2D eigenvalue weighted by Gasteiger charge is 2.26. The minimum absolute atomic E-state index is 0.0179. The summed E-state index contributed by atoms with van der Waals surface area (Å²) in [6, 6.07) is 7.33. The highest BCUT2D eigenvalue weighted by molar-refractivity contribution is 5.93. The van der Waals surface area contributed by atoms with Crippen LogP contribution in [0, 0.1) is 12.8 Å². The van der Waals surface area contributed by atoms with Crippen molar-refractivity contribution in [1.29, 1.82) is 0 Å². The number of imidazole rings is 1. The van der Waals surface area contributed by atoms with Crippen LogP contribution in [0.2, 0.25) is 0 Å². The third kappa shape index (κ3) is 4.45. The fourth-order valence-corrected chi connectivity index (χ4v) is 3.79. The average molecular weight is 422 g/mol. The van der Waals surface area contributed by atoms with Crippen molar-refractivity contribution in [2.75, 3.05) is 37.5 Å². The Balaban J connectivity index is 1.38. The molecule has 1 fully saturated rings. The normalized spacial score (nSPS) is 14.4. The predicted octanol–water partition coefficient (Wildman–Crippen LogP) is 2.84. The lowest BCUT2D eigenvalue weighted by molar-refractivity contribution is -0.120. The second-order valence-corrected chi connectivity index (χ2v) is 7.40. The van der Waals surface area contributed by atoms with Crippen LogP contribution in [0.4, 0.5) is 11.5 Å². The monoisotopic (exact) mass is 422 g/mol. The van der Waals surface area contributed by atoms with Crippen molar-refractivity contribution in [1.82, 2.24) is 19.5 Å². The van der Waals surface area contributed by atoms with Gasteiger partial charge in [0.1, 0.15) is 23.8 Å². The molecule has 0 spiro atoms. The zero-order chi connectivity index (χ0) is 21.8. The van der Waals surface area contributed by atoms with Gasteiger partial charge in [-0.15, -0.1) is 0 Å². The zero-order valence-corrected chi connectivity index (χ0v) is 17.9. The number of ether oxygens (including phenoxy) is 2. The van der Waals surface area contributed by atoms with Gasteiger partial charge in [0.15, 0.2) is 11.5 Å². The number of hydrogen-bond donors (Lipinski definition) is 1. The van der Waals surface area contributed by atoms with Crippen molar-refractivity contribution in [2.24, 2.45) is 5.92 Å². The third-order valence-corrected chi connectivity index (χ3v) is 5.55. The van der Waals surface area contributed by atoms with Crippen molar-refractivity contribution < 1.29 is 14.3 Å². The molecule has 1 amide bonds. The molecular formula is C22H26N6O3. The van der Waals surface area contributed by atoms with Crippen LogP contribution >= 0.6 is 0 Å². The van der Waals surface area contributed by atoms with Crippen LogP contribution < -0.4 is 19.7 Å². The molecule has 0 aliphatic carbocycles. The molecule has 1 N–H and O–H groups in total. The Morgan fingerprint density at radius 3 is 2.45 bits per heavy atom. The van der Waals surface area contributed by atoms with E-state index >= 15 is 0 Å². The molecule has 31 heavy (non-hydrogen) atoms. The molecule has 162 valence electrons. The summed E-state index contributed by atoms with van der Waals surface area (Å²) in [5.74, 6) is 3.69. The summed E-state index contributed by atoms with van der Waals surface area (Å²) >= 11 is 0. The van der Waals surface area contributed by atoms with Crippen molar-refractivity contribution in [2.45, 2.75) is 19.8 Å². The van der Waals surface area contributed by atoms with E-state index in [1.54, 1.807) is 38.9 Å². The molecule has 1 aliphatic rings. The number of aromatic nitrogens is 4. The summed E-state index contributed by atoms with van der Waals surface area (Å²) < 4.78 is 12.5. The zero-order valence-electron chi connectivity index (χ0n) is 17.9. The average Bonchev–Trinajstić information content (AvgIpc) is 3.25. The molecule has 9 nitrogen and oxygen atoms in total. The van der Waals surface area contributed by atoms with Gasteiger partial charge >= 0.3 is 0 Å². The minimum Gasteiger partial charge on any atom is -0.493 e. The third-order valence-electron chi connectivity index (χ3n) is 5.55. The lowest BCUT2D eigenvalue weighted by Crippen LogP contribution is -2.38. The number of carbonyl (C=O) groups is 1. The smallest absolute Gasteiger partial charge is 0.227 e. The van der Waals surface area contributed by atoms with Gasteiger partial charge in [-0.05, 0) is 31.9 Å². The van der Waals surface area contributed by atoms with E-state index in [9.17, 15) is 4.79 Å². The Morgan fingerprint density at radius 1 is 1.03 bits per heavy atom. The van der Waals surface area contributed by atoms with E-state index in [1.165, 1.54) is 0 Å². The Labute approximate surface area is 181 Å². The van der Waals surface area contributed by atoms with E-state index in [-0.39, 0.29) is 11.8 Å². The molecule has 0 atom stereocenters. The molecule has 1 saturated heterocycles. The van der Waals surface area contributed by atoms with Crippen molar-refractivity contribution >= 4 is 17.4 Å². The van der Waals surface area contributed by atoms with Gasteiger partial charge in [-0.25, -0.2) is 15.0 Å². The molecule has 3 heterocycles. The Hall–Kier alpha value is -3.62. The van der Waals surface area contributed by atoms with Gasteiger partial charge in [-0.1, -0.05) is 0 Å². The number of rotatable bonds is 6. The lowest BCUT2D eigenvalue weighted by Gasteiger charge is -2.32. The Bertz CT molecular complexity index is 1060. The summed E-state index contributed by atoms with van der Waals surface area (Å²) in [4.78, 5) is 28.0. The molecule has 0 radical (unpaired) electrons. The second kappa shape index (κ2) is 9.03. The van der Waals surface area contributed by atoms with Crippen molar-refractivity contribution in [3.05, 3.63) is 48.8 Å². The molecule has 1 aliphatic heterocycles. The van der Waals surface area contributed by atoms with Crippen molar-refractivity contribution in [3.63, 3.8) is 0 Å². The lowest BCUT2D eigenvalue weighted by atomic mass is 9.95. The van der Waals surface area contributed by atoms with E-state index in [1.807, 2.05) is 29.8 Å². The van der Waals surface area contributed by atoms with Crippen LogP contribution in [0.5, 0.6) is 11.5 Å². The summed E-state index contributed by atoms with van der Waals surface area (Å²) in [5, 5.41) is 3.00. The predicted molar refractivity (Wildman–Crippen MR) is 117 cm³/mol. The molecule has 1 aromatic carbocycles. The highest BCUT2D eigenvalue weighted by atomic mass is 16.5. The molecule has 0 unspecified atom stereocenters. The fraction of sp³-hybridized carbons (Fsp3) is 0.364. The van der Waals surface area contributed by atoms with E-state index < -0.39 is 0 Å². The molecule has 3 aromatic rings. The molecule has 2 aromatic heterocycles. The number of aryl methyl sites for hydroxylation is 1. The molecule has 4 rings (SSSR count). The van der Waals surface area contributed by atoms with Gasteiger partial charge < -0.3 is 19.7 Å². The molecule has 9 heteroatoms. The quantitative estimate of drug-likeness (QED) is 0.653. The number of methoxy groups -OCH3 is 2. The van der Waals surface area contributed by atoms with E-state index in [4.69, 9.17) is 9.47 Å². The van der Waals surface area contributed by atoms with E-state index in [0.717, 1.165) is 43.4 Å². The summed E-state index contributed by atoms with van der Waals surface area (Å²) in [6.45, 7) is 3.44. The number of piperidine rings is 1. The minimum atomic E-state index is -0.0541. The Kier molecular flexibility index (Phi) is 6.01. The van der Waals surface area contributed by atoms with Gasteiger partial charge in [0.2, 0.25) is 5.91 Å². The number of anilines is 2. The topological polar surface area (TPSA) is 94.4 Å². The van der Waals surface area contributed by atoms with Gasteiger partial charge in [0.05, 0.1) is 14.2 Å². The van der Waals surface area contributed by atoms with Crippen LogP contribution in [0.1, 0.15) is 18.7 Å². The van der Waals surface area contributed by atoms with Gasteiger partial charge in [0, 0.05) is 49.2 Å². The standard InChI is InChI=1S/C22H26N6O3/c1-15-23-8-11-28(15)21-13-20(24-14-25-21)27-9-6-16(7-10-27)22(29)26-17-4-5-18(30-2)19(12-17)31-3/h4-5,8,11-14,16H,6-7,9-10H2,1-3H3,(H,26,29). The maximum atomic E-state index is 12.8. The van der Waals surface area contributed by atoms with Crippen LogP contribution in [-0.4, -0.2) is 52.7 Å². The van der Waals surface area contributed by atoms with Crippen LogP contribution in [0.3, 0.4) is 0 Å². The van der Waals surface area contributed by atoms with E-state index in [2.05, 4.69) is 25.2 Å². The first-order valence-electron chi connectivity index (χ1n) is 10.2. The first-order valence-corrected chi connectivity index (χ1v) is 10.2. The largest absolute Gasteiger partial charge is 0.493 e. The second-order valence-electron chi connectivity index (χ2n) is 7.40. The number of benzene rings is 1. The van der Waals surface area contributed by atoms with Gasteiger partial charge in [-0.2, -0.15) is 0 Å². The first-order chi connectivity index (χ1) is 15.1. The molecule has 0 bridgehead atoms. The summed E-state index contributed by atoms with van der Waals surface area (Å²) in [5.41, 5.74) is 0.696. The van der Waals surface area contributed by atoms with Gasteiger partial charge in [0.25, 0.3) is 0 Å². The van der Waals surface area contributed by atoms with Crippen LogP contribution in [-0.2, 0) is 4.79 Å². The van der Waals surface area contributed by atoms with Crippen LogP contribution in [0.15, 0.2) is 43.0 Å². The maximum Gasteiger partial charge on any atom is 0.227 e. The summed E-state index contributed by atoms with van der Waals surface area (Å²) in [7, 11) is 3.16. The maximum absolute atomic E-state index is 12.8. The SMILES string of the molecule is COc1ccc(NC(=O)C2CCN(c3cc(-n4ccnc4C)ncn3)CC2)cc1OC. The number of amides is 1. The number of carbonyl (C=O) groups excluding carboxylic acids is 1. The van der Waals surface area contributed by atoms with Crippen LogP contribution in [0.25, 0.3) is 5.82 Å². The Morgan fingerprint density at radius 2 is 1.77 bits per heavy atom. The van der Waals surface area contributed by atoms with E-state index in [0.29, 0.717) is 17.2 Å². The highest BCUT2D eigenvalue weighted by Crippen LogP contribution is 2.30. The number of nitrogens with one attached hydrogen (secondary N) is 1. The number of nitrogens with zero attached hydrogens (tertiary/aromatic N) is 5. The van der Waals surface area contributed by atoms with Crippen molar-refractivity contribution in [3.8, 4) is 17.3 Å². The van der Waals surface area contributed by atoms with Gasteiger partial charge in [-0.3, -0.25) is 9.36 Å². The number of hydrogen-bond acceptors (Lipinski definition) is 7. The fourth-order valence-electron chi connectivity index (χ4n) is 3.79. The summed E-state index contributed by atoms with van der Waals surface area (Å²) in [6.07, 6.45) is 6.71.